The molecule has 6 heteroatoms. The smallest absolute Gasteiger partial charge is 0.191 e. The lowest BCUT2D eigenvalue weighted by molar-refractivity contribution is 0.178. The second-order valence-electron chi connectivity index (χ2n) is 7.86. The van der Waals surface area contributed by atoms with Crippen LogP contribution in [0.15, 0.2) is 53.5 Å². The topological polar surface area (TPSA) is 48.9 Å². The van der Waals surface area contributed by atoms with E-state index in [1.54, 1.807) is 7.11 Å². The maximum Gasteiger partial charge on any atom is 0.191 e. The van der Waals surface area contributed by atoms with Crippen molar-refractivity contribution in [3.8, 4) is 5.75 Å². The summed E-state index contributed by atoms with van der Waals surface area (Å²) in [5.41, 5.74) is 3.95. The minimum atomic E-state index is 0. The monoisotopic (exact) mass is 522 g/mol. The number of aliphatic imine (C=N–C) groups is 1. The number of rotatable bonds is 7. The first-order valence-electron chi connectivity index (χ1n) is 10.5. The van der Waals surface area contributed by atoms with Crippen molar-refractivity contribution < 1.29 is 4.74 Å². The van der Waals surface area contributed by atoms with E-state index in [4.69, 9.17) is 4.74 Å². The summed E-state index contributed by atoms with van der Waals surface area (Å²) in [7, 11) is 3.51. The zero-order valence-electron chi connectivity index (χ0n) is 18.4. The van der Waals surface area contributed by atoms with Crippen LogP contribution in [-0.2, 0) is 13.1 Å². The van der Waals surface area contributed by atoms with Crippen molar-refractivity contribution in [1.29, 1.82) is 0 Å². The Labute approximate surface area is 198 Å². The Bertz CT molecular complexity index is 769. The second kappa shape index (κ2) is 12.8. The van der Waals surface area contributed by atoms with Crippen LogP contribution in [0.2, 0.25) is 0 Å². The van der Waals surface area contributed by atoms with Crippen molar-refractivity contribution in [2.24, 2.45) is 10.9 Å². The number of nitrogens with zero attached hydrogens (tertiary/aromatic N) is 2. The number of hydrogen-bond donors (Lipinski definition) is 2. The summed E-state index contributed by atoms with van der Waals surface area (Å²) in [6, 6.07) is 17.0. The number of ether oxygens (including phenoxy) is 1. The number of hydrogen-bond acceptors (Lipinski definition) is 3. The lowest BCUT2D eigenvalue weighted by Crippen LogP contribution is -2.42. The van der Waals surface area contributed by atoms with Crippen molar-refractivity contribution in [2.75, 3.05) is 33.8 Å². The van der Waals surface area contributed by atoms with E-state index in [1.807, 2.05) is 19.2 Å². The number of aryl methyl sites for hydroxylation is 1. The molecule has 3 rings (SSSR count). The Hall–Kier alpha value is -1.80. The molecule has 1 saturated heterocycles. The van der Waals surface area contributed by atoms with Gasteiger partial charge in [-0.3, -0.25) is 9.89 Å². The van der Waals surface area contributed by atoms with Crippen LogP contribution in [0.5, 0.6) is 5.75 Å². The fourth-order valence-electron chi connectivity index (χ4n) is 3.69. The molecule has 2 aromatic rings. The molecule has 1 heterocycles. The number of benzene rings is 2. The van der Waals surface area contributed by atoms with E-state index < -0.39 is 0 Å². The molecule has 0 aromatic heterocycles. The lowest BCUT2D eigenvalue weighted by atomic mass is 9.96. The Morgan fingerprint density at radius 3 is 2.23 bits per heavy atom. The Morgan fingerprint density at radius 1 is 1.00 bits per heavy atom. The van der Waals surface area contributed by atoms with Gasteiger partial charge in [0.2, 0.25) is 0 Å². The number of methoxy groups -OCH3 is 1. The molecule has 0 amide bonds. The highest BCUT2D eigenvalue weighted by Crippen LogP contribution is 2.18. The lowest BCUT2D eigenvalue weighted by Gasteiger charge is -2.32. The molecule has 0 atom stereocenters. The summed E-state index contributed by atoms with van der Waals surface area (Å²) in [4.78, 5) is 6.93. The predicted octanol–water partition coefficient (Wildman–Crippen LogP) is 4.20. The van der Waals surface area contributed by atoms with Gasteiger partial charge in [0.15, 0.2) is 5.96 Å². The Balaban J connectivity index is 0.00000320. The van der Waals surface area contributed by atoms with Gasteiger partial charge < -0.3 is 15.4 Å². The molecule has 1 aliphatic rings. The number of nitrogens with one attached hydrogen (secondary N) is 2. The van der Waals surface area contributed by atoms with Gasteiger partial charge in [0, 0.05) is 26.7 Å². The summed E-state index contributed by atoms with van der Waals surface area (Å²) in [6.45, 7) is 7.25. The van der Waals surface area contributed by atoms with Gasteiger partial charge in [-0.1, -0.05) is 42.0 Å². The molecule has 30 heavy (non-hydrogen) atoms. The largest absolute Gasteiger partial charge is 0.497 e. The van der Waals surface area contributed by atoms with Crippen LogP contribution in [0, 0.1) is 12.8 Å². The third-order valence-electron chi connectivity index (χ3n) is 5.63. The minimum Gasteiger partial charge on any atom is -0.497 e. The van der Waals surface area contributed by atoms with Crippen LogP contribution in [0.25, 0.3) is 0 Å². The van der Waals surface area contributed by atoms with E-state index in [0.29, 0.717) is 5.92 Å². The molecule has 0 spiro atoms. The van der Waals surface area contributed by atoms with E-state index in [0.717, 1.165) is 44.4 Å². The highest BCUT2D eigenvalue weighted by Gasteiger charge is 2.19. The Kier molecular flexibility index (Phi) is 10.4. The molecule has 2 N–H and O–H groups in total. The van der Waals surface area contributed by atoms with E-state index >= 15 is 0 Å². The molecule has 0 unspecified atom stereocenters. The van der Waals surface area contributed by atoms with Crippen molar-refractivity contribution >= 4 is 29.9 Å². The average molecular weight is 522 g/mol. The molecule has 0 saturated carbocycles. The van der Waals surface area contributed by atoms with Crippen molar-refractivity contribution in [2.45, 2.75) is 32.9 Å². The SMILES string of the molecule is CN=C(NCc1ccc(OC)cc1)NCC1CCN(Cc2ccc(C)cc2)CC1.I. The van der Waals surface area contributed by atoms with Gasteiger partial charge in [0.1, 0.15) is 5.75 Å². The average Bonchev–Trinajstić information content (AvgIpc) is 2.77. The minimum absolute atomic E-state index is 0. The van der Waals surface area contributed by atoms with Crippen LogP contribution in [0.1, 0.15) is 29.5 Å². The summed E-state index contributed by atoms with van der Waals surface area (Å²) in [5.74, 6) is 2.44. The molecule has 0 aliphatic carbocycles. The summed E-state index contributed by atoms with van der Waals surface area (Å²) < 4.78 is 5.21. The highest BCUT2D eigenvalue weighted by molar-refractivity contribution is 14.0. The van der Waals surface area contributed by atoms with Crippen LogP contribution in [0.3, 0.4) is 0 Å². The normalized spacial score (nSPS) is 15.4. The summed E-state index contributed by atoms with van der Waals surface area (Å²) in [5, 5.41) is 6.89. The van der Waals surface area contributed by atoms with Gasteiger partial charge in [-0.2, -0.15) is 0 Å². The highest BCUT2D eigenvalue weighted by atomic mass is 127. The quantitative estimate of drug-likeness (QED) is 0.325. The molecule has 2 aromatic carbocycles. The number of piperidine rings is 1. The summed E-state index contributed by atoms with van der Waals surface area (Å²) in [6.07, 6.45) is 2.46. The van der Waals surface area contributed by atoms with Gasteiger partial charge in [-0.15, -0.1) is 24.0 Å². The van der Waals surface area contributed by atoms with Crippen LogP contribution >= 0.6 is 24.0 Å². The van der Waals surface area contributed by atoms with Gasteiger partial charge >= 0.3 is 0 Å². The molecular formula is C24H35IN4O. The maximum atomic E-state index is 5.21. The van der Waals surface area contributed by atoms with Crippen molar-refractivity contribution in [1.82, 2.24) is 15.5 Å². The fraction of sp³-hybridized carbons (Fsp3) is 0.458. The van der Waals surface area contributed by atoms with Gasteiger partial charge in [0.25, 0.3) is 0 Å². The molecule has 1 fully saturated rings. The number of guanidine groups is 1. The maximum absolute atomic E-state index is 5.21. The van der Waals surface area contributed by atoms with Crippen LogP contribution in [-0.4, -0.2) is 44.7 Å². The van der Waals surface area contributed by atoms with Crippen LogP contribution < -0.4 is 15.4 Å². The third kappa shape index (κ3) is 7.80. The standard InChI is InChI=1S/C24H34N4O.HI/c1-19-4-6-22(7-5-19)18-28-14-12-21(13-15-28)17-27-24(25-2)26-16-20-8-10-23(29-3)11-9-20;/h4-11,21H,12-18H2,1-3H3,(H2,25,26,27);1H. The molecular weight excluding hydrogens is 487 g/mol. The first-order valence-corrected chi connectivity index (χ1v) is 10.5. The summed E-state index contributed by atoms with van der Waals surface area (Å²) >= 11 is 0. The van der Waals surface area contributed by atoms with E-state index in [2.05, 4.69) is 63.8 Å². The van der Waals surface area contributed by atoms with Crippen molar-refractivity contribution in [3.63, 3.8) is 0 Å². The van der Waals surface area contributed by atoms with Crippen molar-refractivity contribution in [3.05, 3.63) is 65.2 Å². The first-order chi connectivity index (χ1) is 14.2. The number of likely N-dealkylation sites (tertiary alicyclic amines) is 1. The molecule has 0 radical (unpaired) electrons. The molecule has 5 nitrogen and oxygen atoms in total. The van der Waals surface area contributed by atoms with E-state index in [1.165, 1.54) is 29.5 Å². The predicted molar refractivity (Wildman–Crippen MR) is 136 cm³/mol. The first kappa shape index (κ1) is 24.5. The Morgan fingerprint density at radius 2 is 1.63 bits per heavy atom. The zero-order chi connectivity index (χ0) is 20.5. The van der Waals surface area contributed by atoms with Gasteiger partial charge in [-0.25, -0.2) is 0 Å². The number of halogens is 1. The van der Waals surface area contributed by atoms with E-state index in [-0.39, 0.29) is 24.0 Å². The van der Waals surface area contributed by atoms with Crippen LogP contribution in [0.4, 0.5) is 0 Å². The van der Waals surface area contributed by atoms with Gasteiger partial charge in [-0.05, 0) is 62.0 Å². The molecule has 0 bridgehead atoms. The third-order valence-corrected chi connectivity index (χ3v) is 5.63. The molecule has 1 aliphatic heterocycles. The second-order valence-corrected chi connectivity index (χ2v) is 7.86. The van der Waals surface area contributed by atoms with Gasteiger partial charge in [0.05, 0.1) is 7.11 Å². The van der Waals surface area contributed by atoms with E-state index in [9.17, 15) is 0 Å². The fourth-order valence-corrected chi connectivity index (χ4v) is 3.69. The molecule has 164 valence electrons. The zero-order valence-corrected chi connectivity index (χ0v) is 20.7.